The summed E-state index contributed by atoms with van der Waals surface area (Å²) >= 11 is 0. The molecule has 1 heterocycles. The van der Waals surface area contributed by atoms with Gasteiger partial charge in [0.2, 0.25) is 0 Å². The van der Waals surface area contributed by atoms with Crippen LogP contribution in [0.15, 0.2) is 0 Å². The van der Waals surface area contributed by atoms with Crippen LogP contribution >= 0.6 is 0 Å². The zero-order valence-corrected chi connectivity index (χ0v) is 11.6. The molecule has 1 unspecified atom stereocenters. The molecule has 1 fully saturated rings. The van der Waals surface area contributed by atoms with Crippen molar-refractivity contribution in [3.8, 4) is 0 Å². The maximum atomic E-state index is 12.0. The normalized spacial score (nSPS) is 23.6. The Bertz CT molecular complexity index is 352. The van der Waals surface area contributed by atoms with Crippen LogP contribution < -0.4 is 5.32 Å². The van der Waals surface area contributed by atoms with Gasteiger partial charge in [0, 0.05) is 6.54 Å². The number of carboxylic acids is 1. The highest BCUT2D eigenvalue weighted by Crippen LogP contribution is 2.21. The van der Waals surface area contributed by atoms with E-state index < -0.39 is 17.1 Å². The fraction of sp³-hybridized carbons (Fsp3) is 0.833. The maximum Gasteiger partial charge on any atom is 0.328 e. The van der Waals surface area contributed by atoms with Crippen LogP contribution in [0.2, 0.25) is 0 Å². The van der Waals surface area contributed by atoms with Gasteiger partial charge < -0.3 is 20.1 Å². The van der Waals surface area contributed by atoms with E-state index in [-0.39, 0.29) is 12.1 Å². The molecule has 0 aliphatic carbocycles. The third-order valence-corrected chi connectivity index (χ3v) is 2.81. The van der Waals surface area contributed by atoms with Gasteiger partial charge in [-0.1, -0.05) is 0 Å². The lowest BCUT2D eigenvalue weighted by molar-refractivity contribution is -0.143. The largest absolute Gasteiger partial charge is 0.480 e. The summed E-state index contributed by atoms with van der Waals surface area (Å²) in [5.41, 5.74) is -1.69. The number of urea groups is 1. The highest BCUT2D eigenvalue weighted by atomic mass is 16.5. The number of hydrogen-bond acceptors (Lipinski definition) is 3. The summed E-state index contributed by atoms with van der Waals surface area (Å²) in [5.74, 6) is -1.06. The molecule has 0 bridgehead atoms. The lowest BCUT2D eigenvalue weighted by Gasteiger charge is -2.42. The van der Waals surface area contributed by atoms with Gasteiger partial charge in [0.05, 0.1) is 18.2 Å². The van der Waals surface area contributed by atoms with E-state index in [9.17, 15) is 9.59 Å². The van der Waals surface area contributed by atoms with Gasteiger partial charge in [0.1, 0.15) is 5.54 Å². The first-order valence-electron chi connectivity index (χ1n) is 6.02. The van der Waals surface area contributed by atoms with E-state index in [0.29, 0.717) is 13.1 Å². The summed E-state index contributed by atoms with van der Waals surface area (Å²) in [6, 6.07) is -0.370. The van der Waals surface area contributed by atoms with Gasteiger partial charge in [0.25, 0.3) is 0 Å². The molecule has 6 nitrogen and oxygen atoms in total. The molecule has 1 aliphatic heterocycles. The number of morpholine rings is 1. The molecule has 0 saturated carbocycles. The van der Waals surface area contributed by atoms with Gasteiger partial charge in [-0.15, -0.1) is 0 Å². The average Bonchev–Trinajstić information content (AvgIpc) is 2.13. The summed E-state index contributed by atoms with van der Waals surface area (Å²) in [7, 11) is 0. The predicted molar refractivity (Wildman–Crippen MR) is 66.4 cm³/mol. The van der Waals surface area contributed by atoms with E-state index in [0.717, 1.165) is 0 Å². The van der Waals surface area contributed by atoms with Crippen LogP contribution in [-0.4, -0.2) is 52.3 Å². The number of hydrogen-bond donors (Lipinski definition) is 2. The van der Waals surface area contributed by atoms with E-state index in [1.807, 2.05) is 20.8 Å². The minimum Gasteiger partial charge on any atom is -0.480 e. The summed E-state index contributed by atoms with van der Waals surface area (Å²) in [6.07, 6.45) is -0.0626. The van der Waals surface area contributed by atoms with Gasteiger partial charge in [-0.05, 0) is 34.6 Å². The van der Waals surface area contributed by atoms with E-state index in [2.05, 4.69) is 5.32 Å². The molecular weight excluding hydrogens is 236 g/mol. The second-order valence-corrected chi connectivity index (χ2v) is 5.93. The third kappa shape index (κ3) is 3.60. The number of amides is 2. The molecule has 1 atom stereocenters. The first-order valence-corrected chi connectivity index (χ1v) is 6.02. The number of carboxylic acid groups (broad SMARTS) is 1. The molecule has 0 radical (unpaired) electrons. The number of rotatable bonds is 2. The van der Waals surface area contributed by atoms with Crippen molar-refractivity contribution in [1.82, 2.24) is 10.2 Å². The van der Waals surface area contributed by atoms with E-state index in [1.165, 1.54) is 13.8 Å². The van der Waals surface area contributed by atoms with Crippen molar-refractivity contribution in [1.29, 1.82) is 0 Å². The van der Waals surface area contributed by atoms with Crippen molar-refractivity contribution in [2.45, 2.75) is 51.9 Å². The van der Waals surface area contributed by atoms with Crippen molar-refractivity contribution in [3.05, 3.63) is 0 Å². The van der Waals surface area contributed by atoms with Gasteiger partial charge >= 0.3 is 12.0 Å². The number of nitrogens with zero attached hydrogens (tertiary/aromatic N) is 1. The van der Waals surface area contributed by atoms with E-state index >= 15 is 0 Å². The average molecular weight is 258 g/mol. The standard InChI is InChI=1S/C12H22N2O4/c1-8-6-14(7-11(2,3)18-8)10(17)13-12(4,5)9(15)16/h8H,6-7H2,1-5H3,(H,13,17)(H,15,16). The van der Waals surface area contributed by atoms with Crippen LogP contribution in [0.5, 0.6) is 0 Å². The predicted octanol–water partition coefficient (Wildman–Crippen LogP) is 1.06. The second-order valence-electron chi connectivity index (χ2n) is 5.93. The van der Waals surface area contributed by atoms with Crippen LogP contribution in [0.4, 0.5) is 4.79 Å². The highest BCUT2D eigenvalue weighted by molar-refractivity contribution is 5.85. The quantitative estimate of drug-likeness (QED) is 0.776. The molecule has 104 valence electrons. The second kappa shape index (κ2) is 4.76. The van der Waals surface area contributed by atoms with Gasteiger partial charge in [-0.25, -0.2) is 9.59 Å². The zero-order chi connectivity index (χ0) is 14.1. The van der Waals surface area contributed by atoms with Gasteiger partial charge in [-0.3, -0.25) is 0 Å². The first kappa shape index (κ1) is 14.8. The maximum absolute atomic E-state index is 12.0. The third-order valence-electron chi connectivity index (χ3n) is 2.81. The Morgan fingerprint density at radius 1 is 1.44 bits per heavy atom. The monoisotopic (exact) mass is 258 g/mol. The molecule has 0 aromatic rings. The lowest BCUT2D eigenvalue weighted by Crippen LogP contribution is -2.60. The van der Waals surface area contributed by atoms with Crippen molar-refractivity contribution in [3.63, 3.8) is 0 Å². The molecule has 0 spiro atoms. The van der Waals surface area contributed by atoms with Crippen LogP contribution in [0, 0.1) is 0 Å². The SMILES string of the molecule is CC1CN(C(=O)NC(C)(C)C(=O)O)CC(C)(C)O1. The molecule has 2 N–H and O–H groups in total. The molecule has 1 aliphatic rings. The lowest BCUT2D eigenvalue weighted by atomic mass is 10.0. The Morgan fingerprint density at radius 2 is 2.00 bits per heavy atom. The fourth-order valence-corrected chi connectivity index (χ4v) is 2.01. The van der Waals surface area contributed by atoms with Crippen molar-refractivity contribution < 1.29 is 19.4 Å². The minimum atomic E-state index is -1.28. The summed E-state index contributed by atoms with van der Waals surface area (Å²) in [6.45, 7) is 9.54. The Labute approximate surface area is 107 Å². The van der Waals surface area contributed by atoms with Crippen LogP contribution in [-0.2, 0) is 9.53 Å². The summed E-state index contributed by atoms with van der Waals surface area (Å²) in [4.78, 5) is 24.6. The Morgan fingerprint density at radius 3 is 2.44 bits per heavy atom. The Balaban J connectivity index is 2.70. The van der Waals surface area contributed by atoms with Crippen molar-refractivity contribution in [2.24, 2.45) is 0 Å². The van der Waals surface area contributed by atoms with Crippen molar-refractivity contribution >= 4 is 12.0 Å². The zero-order valence-electron chi connectivity index (χ0n) is 11.6. The Kier molecular flexibility index (Phi) is 3.90. The van der Waals surface area contributed by atoms with E-state index in [1.54, 1.807) is 4.90 Å². The van der Waals surface area contributed by atoms with Crippen LogP contribution in [0.3, 0.4) is 0 Å². The molecule has 1 saturated heterocycles. The fourth-order valence-electron chi connectivity index (χ4n) is 2.01. The van der Waals surface area contributed by atoms with Crippen LogP contribution in [0.1, 0.15) is 34.6 Å². The topological polar surface area (TPSA) is 78.9 Å². The molecule has 2 amide bonds. The number of ether oxygens (including phenoxy) is 1. The minimum absolute atomic E-state index is 0.0626. The molecule has 6 heteroatoms. The summed E-state index contributed by atoms with van der Waals surface area (Å²) in [5, 5.41) is 11.5. The highest BCUT2D eigenvalue weighted by Gasteiger charge is 2.37. The number of carbonyl (C=O) groups is 2. The molecule has 0 aromatic carbocycles. The molecule has 18 heavy (non-hydrogen) atoms. The molecule has 0 aromatic heterocycles. The first-order chi connectivity index (χ1) is 8.03. The molecular formula is C12H22N2O4. The summed E-state index contributed by atoms with van der Waals surface area (Å²) < 4.78 is 5.69. The van der Waals surface area contributed by atoms with E-state index in [4.69, 9.17) is 9.84 Å². The van der Waals surface area contributed by atoms with Crippen molar-refractivity contribution in [2.75, 3.05) is 13.1 Å². The number of nitrogens with one attached hydrogen (secondary N) is 1. The smallest absolute Gasteiger partial charge is 0.328 e. The van der Waals surface area contributed by atoms with Crippen LogP contribution in [0.25, 0.3) is 0 Å². The number of aliphatic carboxylic acids is 1. The number of carbonyl (C=O) groups excluding carboxylic acids is 1. The molecule has 1 rings (SSSR count). The Hall–Kier alpha value is -1.30. The van der Waals surface area contributed by atoms with Gasteiger partial charge in [-0.2, -0.15) is 0 Å². The van der Waals surface area contributed by atoms with Gasteiger partial charge in [0.15, 0.2) is 0 Å².